The highest BCUT2D eigenvalue weighted by atomic mass is 16.7. The molecule has 1 saturated heterocycles. The number of carbonyl (C=O) groups excluding carboxylic acids is 4. The Kier molecular flexibility index (Phi) is 14.1. The Morgan fingerprint density at radius 1 is 0.845 bits per heavy atom. The van der Waals surface area contributed by atoms with Crippen LogP contribution in [0, 0.1) is 5.92 Å². The average Bonchev–Trinajstić information content (AvgIpc) is 3.70. The van der Waals surface area contributed by atoms with E-state index < -0.39 is 58.4 Å². The molecule has 3 N–H and O–H groups in total. The van der Waals surface area contributed by atoms with E-state index in [1.165, 1.54) is 6.92 Å². The van der Waals surface area contributed by atoms with Gasteiger partial charge in [0.15, 0.2) is 6.54 Å². The summed E-state index contributed by atoms with van der Waals surface area (Å²) in [6, 6.07) is 5.78. The second kappa shape index (κ2) is 17.7. The van der Waals surface area contributed by atoms with Crippen LogP contribution in [0.5, 0.6) is 5.75 Å². The fourth-order valence-electron chi connectivity index (χ4n) is 6.52. The summed E-state index contributed by atoms with van der Waals surface area (Å²) in [5, 5.41) is 13.7. The Balaban J connectivity index is 1.56. The minimum atomic E-state index is -1.72. The quantitative estimate of drug-likeness (QED) is 0.107. The highest BCUT2D eigenvalue weighted by molar-refractivity contribution is 5.81. The molecular formula is C42H66N5O11+. The number of alkyl carbamates (subject to hydrolysis) is 1. The van der Waals surface area contributed by atoms with E-state index >= 15 is 0 Å². The van der Waals surface area contributed by atoms with E-state index in [-0.39, 0.29) is 25.1 Å². The molecule has 1 aromatic carbocycles. The number of rotatable bonds is 11. The van der Waals surface area contributed by atoms with Crippen molar-refractivity contribution in [3.63, 3.8) is 0 Å². The SMILES string of the molecule is CC(C)(C)OC(=O)NCC(O)Cn1cc(-c2ccc3c(c2)CC[C@H](C(C)(ONC(=O)OC(C)(C)C)C(=O)OC(C)(C)C)O3)c[n+]1C[C@@H]1CCN(C(=O)OC(C)(C)C)C1. The summed E-state index contributed by atoms with van der Waals surface area (Å²) < 4.78 is 32.3. The largest absolute Gasteiger partial charge is 0.486 e. The molecule has 4 rings (SSSR count). The number of hydrogen-bond acceptors (Lipinski definition) is 11. The number of aliphatic hydroxyl groups is 1. The maximum atomic E-state index is 13.6. The van der Waals surface area contributed by atoms with Crippen molar-refractivity contribution in [2.45, 2.75) is 163 Å². The van der Waals surface area contributed by atoms with Gasteiger partial charge in [-0.25, -0.2) is 24.0 Å². The highest BCUT2D eigenvalue weighted by Crippen LogP contribution is 2.37. The van der Waals surface area contributed by atoms with Crippen molar-refractivity contribution < 1.29 is 57.5 Å². The normalized spacial score (nSPS) is 18.9. The molecule has 0 saturated carbocycles. The number of nitrogens with one attached hydrogen (secondary N) is 2. The van der Waals surface area contributed by atoms with E-state index in [0.29, 0.717) is 38.2 Å². The third kappa shape index (κ3) is 13.8. The topological polar surface area (TPSA) is 180 Å². The molecule has 0 aliphatic carbocycles. The molecule has 324 valence electrons. The van der Waals surface area contributed by atoms with Gasteiger partial charge in [-0.05, 0) is 133 Å². The van der Waals surface area contributed by atoms with Gasteiger partial charge in [0.1, 0.15) is 40.8 Å². The minimum Gasteiger partial charge on any atom is -0.486 e. The molecule has 16 nitrogen and oxygen atoms in total. The lowest BCUT2D eigenvalue weighted by atomic mass is 9.89. The third-order valence-corrected chi connectivity index (χ3v) is 9.07. The van der Waals surface area contributed by atoms with Gasteiger partial charge in [0.25, 0.3) is 0 Å². The number of carbonyl (C=O) groups is 4. The van der Waals surface area contributed by atoms with Crippen molar-refractivity contribution in [3.8, 4) is 16.9 Å². The number of aryl methyl sites for hydroxylation is 1. The first-order valence-corrected chi connectivity index (χ1v) is 20.0. The molecule has 2 aliphatic heterocycles. The molecule has 16 heteroatoms. The monoisotopic (exact) mass is 816 g/mol. The van der Waals surface area contributed by atoms with Crippen molar-refractivity contribution in [1.29, 1.82) is 0 Å². The number of fused-ring (bicyclic) bond motifs is 1. The second-order valence-corrected chi connectivity index (χ2v) is 19.4. The van der Waals surface area contributed by atoms with Gasteiger partial charge in [-0.2, -0.15) is 10.2 Å². The van der Waals surface area contributed by atoms with Crippen molar-refractivity contribution in [1.82, 2.24) is 20.4 Å². The van der Waals surface area contributed by atoms with Crippen LogP contribution in [-0.2, 0) is 48.1 Å². The first-order valence-electron chi connectivity index (χ1n) is 20.0. The van der Waals surface area contributed by atoms with Gasteiger partial charge in [-0.3, -0.25) is 0 Å². The number of ether oxygens (including phenoxy) is 5. The van der Waals surface area contributed by atoms with Crippen LogP contribution < -0.4 is 20.2 Å². The lowest BCUT2D eigenvalue weighted by Gasteiger charge is -2.39. The highest BCUT2D eigenvalue weighted by Gasteiger charge is 2.50. The predicted molar refractivity (Wildman–Crippen MR) is 214 cm³/mol. The van der Waals surface area contributed by atoms with E-state index in [0.717, 1.165) is 23.1 Å². The van der Waals surface area contributed by atoms with Gasteiger partial charge >= 0.3 is 24.2 Å². The van der Waals surface area contributed by atoms with E-state index in [1.54, 1.807) is 67.2 Å². The zero-order valence-electron chi connectivity index (χ0n) is 36.6. The summed E-state index contributed by atoms with van der Waals surface area (Å²) in [5.41, 5.74) is 0.344. The Morgan fingerprint density at radius 3 is 2.09 bits per heavy atom. The molecule has 2 aliphatic rings. The maximum Gasteiger partial charge on any atom is 0.431 e. The van der Waals surface area contributed by atoms with Crippen LogP contribution in [0.3, 0.4) is 0 Å². The number of amides is 3. The Labute approximate surface area is 342 Å². The number of aliphatic hydroxyl groups excluding tert-OH is 1. The summed E-state index contributed by atoms with van der Waals surface area (Å²) >= 11 is 0. The fraction of sp³-hybridized carbons (Fsp3) is 0.690. The first-order chi connectivity index (χ1) is 26.6. The van der Waals surface area contributed by atoms with Gasteiger partial charge in [-0.1, -0.05) is 6.07 Å². The molecule has 4 atom stereocenters. The second-order valence-electron chi connectivity index (χ2n) is 19.4. The van der Waals surface area contributed by atoms with Crippen LogP contribution in [0.4, 0.5) is 14.4 Å². The number of esters is 1. The number of likely N-dealkylation sites (tertiary alicyclic amines) is 1. The number of benzene rings is 1. The third-order valence-electron chi connectivity index (χ3n) is 9.07. The summed E-state index contributed by atoms with van der Waals surface area (Å²) in [7, 11) is 0. The molecule has 0 spiro atoms. The Morgan fingerprint density at radius 2 is 1.47 bits per heavy atom. The molecule has 58 heavy (non-hydrogen) atoms. The van der Waals surface area contributed by atoms with Crippen molar-refractivity contribution in [2.75, 3.05) is 19.6 Å². The van der Waals surface area contributed by atoms with E-state index in [1.807, 2.05) is 60.7 Å². The minimum absolute atomic E-state index is 0.0190. The van der Waals surface area contributed by atoms with Crippen LogP contribution >= 0.6 is 0 Å². The van der Waals surface area contributed by atoms with Gasteiger partial charge < -0.3 is 39.0 Å². The lowest BCUT2D eigenvalue weighted by molar-refractivity contribution is -0.780. The number of hydrogen-bond donors (Lipinski definition) is 3. The average molecular weight is 817 g/mol. The zero-order valence-corrected chi connectivity index (χ0v) is 36.6. The molecule has 3 amide bonds. The van der Waals surface area contributed by atoms with Crippen molar-refractivity contribution in [3.05, 3.63) is 36.2 Å². The van der Waals surface area contributed by atoms with Gasteiger partial charge in [0, 0.05) is 25.6 Å². The molecule has 2 aromatic rings. The molecule has 0 radical (unpaired) electrons. The smallest absolute Gasteiger partial charge is 0.431 e. The molecule has 1 aromatic heterocycles. The summed E-state index contributed by atoms with van der Waals surface area (Å²) in [6.07, 6.45) is 2.08. The predicted octanol–water partition coefficient (Wildman–Crippen LogP) is 5.84. The molecule has 0 bridgehead atoms. The van der Waals surface area contributed by atoms with Crippen LogP contribution in [0.2, 0.25) is 0 Å². The van der Waals surface area contributed by atoms with E-state index in [4.69, 9.17) is 28.5 Å². The molecule has 1 fully saturated rings. The van der Waals surface area contributed by atoms with E-state index in [2.05, 4.69) is 10.8 Å². The van der Waals surface area contributed by atoms with Crippen LogP contribution in [0.25, 0.3) is 11.1 Å². The van der Waals surface area contributed by atoms with E-state index in [9.17, 15) is 24.3 Å². The van der Waals surface area contributed by atoms with Crippen LogP contribution in [-0.4, -0.2) is 98.8 Å². The molecule has 3 heterocycles. The number of aromatic nitrogens is 2. The molecular weight excluding hydrogens is 750 g/mol. The number of hydroxylamine groups is 1. The van der Waals surface area contributed by atoms with Crippen LogP contribution in [0.1, 0.15) is 108 Å². The molecule has 2 unspecified atom stereocenters. The number of nitrogens with zero attached hydrogens (tertiary/aromatic N) is 3. The summed E-state index contributed by atoms with van der Waals surface area (Å²) in [4.78, 5) is 58.8. The standard InChI is InChI=1S/C42H65N5O11/c1-38(2,3)54-34(49)42(13,58-44-36(51)56-40(7,8)9)33-17-15-29-20-28(14-16-32(29)53-33)30-24-46(23-27-18-19-45(22-27)37(52)57-41(10,11)12)47(25-30)26-31(48)21-43-35(50)55-39(4,5)6/h14,16,20,24-25,27,31,33,48H,15,17-19,21-23,26H2,1-13H3,(H-,43,44,50,51)/p+1/t27-,31?,33-,42?/m1/s1. The zero-order chi connectivity index (χ0) is 43.4. The Bertz CT molecular complexity index is 1780. The van der Waals surface area contributed by atoms with Gasteiger partial charge in [0.2, 0.25) is 11.8 Å². The fourth-order valence-corrected chi connectivity index (χ4v) is 6.52. The summed E-state index contributed by atoms with van der Waals surface area (Å²) in [6.45, 7) is 24.6. The van der Waals surface area contributed by atoms with Crippen LogP contribution in [0.15, 0.2) is 30.6 Å². The first kappa shape index (κ1) is 46.1. The van der Waals surface area contributed by atoms with Crippen molar-refractivity contribution in [2.24, 2.45) is 5.92 Å². The maximum absolute atomic E-state index is 13.6. The van der Waals surface area contributed by atoms with Gasteiger partial charge in [0.05, 0.1) is 17.9 Å². The van der Waals surface area contributed by atoms with Crippen molar-refractivity contribution >= 4 is 24.2 Å². The van der Waals surface area contributed by atoms with Gasteiger partial charge in [-0.15, -0.1) is 4.68 Å². The Hall–Kier alpha value is -4.57. The summed E-state index contributed by atoms with van der Waals surface area (Å²) in [5.74, 6) is -0.0111. The lowest BCUT2D eigenvalue weighted by Crippen LogP contribution is -2.58.